The maximum absolute atomic E-state index is 12.3. The van der Waals surface area contributed by atoms with Crippen LogP contribution in [0.25, 0.3) is 0 Å². The lowest BCUT2D eigenvalue weighted by molar-refractivity contribution is -0.159. The maximum atomic E-state index is 12.3. The van der Waals surface area contributed by atoms with Gasteiger partial charge in [0.1, 0.15) is 0 Å². The van der Waals surface area contributed by atoms with Gasteiger partial charge in [0.2, 0.25) is 0 Å². The first-order chi connectivity index (χ1) is 25.6. The summed E-state index contributed by atoms with van der Waals surface area (Å²) in [4.78, 5) is 14.7. The molecule has 0 aromatic heterocycles. The molecule has 0 radical (unpaired) electrons. The van der Waals surface area contributed by atoms with Crippen LogP contribution in [0.2, 0.25) is 0 Å². The van der Waals surface area contributed by atoms with Crippen LogP contribution in [0.1, 0.15) is 182 Å². The van der Waals surface area contributed by atoms with Gasteiger partial charge in [-0.1, -0.05) is 96.9 Å². The quantitative estimate of drug-likeness (QED) is 0.0287. The van der Waals surface area contributed by atoms with E-state index in [2.05, 4.69) is 56.9 Å². The van der Waals surface area contributed by atoms with E-state index < -0.39 is 0 Å². The first-order valence-corrected chi connectivity index (χ1v) is 21.9. The molecular formula is C44H85NO7. The first-order valence-electron chi connectivity index (χ1n) is 21.9. The van der Waals surface area contributed by atoms with Gasteiger partial charge in [0.25, 0.3) is 0 Å². The first kappa shape index (κ1) is 50.7. The van der Waals surface area contributed by atoms with E-state index in [4.69, 9.17) is 23.7 Å². The molecule has 0 saturated carbocycles. The van der Waals surface area contributed by atoms with E-state index in [9.17, 15) is 9.90 Å². The van der Waals surface area contributed by atoms with Crippen molar-refractivity contribution in [3.05, 3.63) is 24.3 Å². The molecule has 0 saturated heterocycles. The second-order valence-corrected chi connectivity index (χ2v) is 14.1. The summed E-state index contributed by atoms with van der Waals surface area (Å²) in [6.45, 7) is 15.0. The van der Waals surface area contributed by atoms with E-state index in [1.807, 2.05) is 0 Å². The number of aliphatic hydroxyl groups is 1. The summed E-state index contributed by atoms with van der Waals surface area (Å²) in [5, 5.41) is 9.59. The molecule has 0 unspecified atom stereocenters. The Bertz CT molecular complexity index is 744. The molecular weight excluding hydrogens is 654 g/mol. The number of ether oxygens (including phenoxy) is 5. The molecule has 8 nitrogen and oxygen atoms in total. The second-order valence-electron chi connectivity index (χ2n) is 14.1. The molecule has 52 heavy (non-hydrogen) atoms. The molecule has 0 aromatic rings. The molecule has 0 aliphatic rings. The SMILES string of the molecule is CC/C=C\CCCCOC(CCCCCCCN(CCO)CCCCCCOC(=O)CCC(OCCCC)OCCCC)OCCCC/C=C\CC. The summed E-state index contributed by atoms with van der Waals surface area (Å²) in [6.07, 6.45) is 33.8. The van der Waals surface area contributed by atoms with Crippen molar-refractivity contribution in [3.8, 4) is 0 Å². The monoisotopic (exact) mass is 740 g/mol. The molecule has 0 atom stereocenters. The van der Waals surface area contributed by atoms with Crippen molar-refractivity contribution >= 4 is 5.97 Å². The second kappa shape index (κ2) is 42.5. The van der Waals surface area contributed by atoms with Gasteiger partial charge >= 0.3 is 5.97 Å². The van der Waals surface area contributed by atoms with Crippen LogP contribution in [-0.2, 0) is 28.5 Å². The number of unbranched alkanes of at least 4 members (excludes halogenated alkanes) is 13. The van der Waals surface area contributed by atoms with E-state index in [0.29, 0.717) is 32.7 Å². The highest BCUT2D eigenvalue weighted by atomic mass is 16.7. The Kier molecular flexibility index (Phi) is 41.4. The van der Waals surface area contributed by atoms with E-state index in [-0.39, 0.29) is 25.2 Å². The number of esters is 1. The smallest absolute Gasteiger partial charge is 0.305 e. The highest BCUT2D eigenvalue weighted by molar-refractivity contribution is 5.69. The number of carbonyl (C=O) groups excluding carboxylic acids is 1. The van der Waals surface area contributed by atoms with Crippen LogP contribution in [0.5, 0.6) is 0 Å². The number of rotatable bonds is 42. The van der Waals surface area contributed by atoms with Crippen LogP contribution in [0, 0.1) is 0 Å². The minimum atomic E-state index is -0.318. The van der Waals surface area contributed by atoms with Crippen LogP contribution < -0.4 is 0 Å². The van der Waals surface area contributed by atoms with E-state index >= 15 is 0 Å². The predicted octanol–water partition coefficient (Wildman–Crippen LogP) is 11.1. The number of nitrogens with zero attached hydrogens (tertiary/aromatic N) is 1. The summed E-state index contributed by atoms with van der Waals surface area (Å²) < 4.78 is 29.5. The lowest BCUT2D eigenvalue weighted by Gasteiger charge is -2.21. The van der Waals surface area contributed by atoms with Crippen molar-refractivity contribution in [1.29, 1.82) is 0 Å². The van der Waals surface area contributed by atoms with Gasteiger partial charge < -0.3 is 33.7 Å². The molecule has 0 rings (SSSR count). The number of hydrogen-bond donors (Lipinski definition) is 1. The molecule has 0 spiro atoms. The van der Waals surface area contributed by atoms with Gasteiger partial charge in [0.15, 0.2) is 12.6 Å². The molecule has 308 valence electrons. The van der Waals surface area contributed by atoms with Gasteiger partial charge in [0.05, 0.1) is 19.6 Å². The molecule has 0 aromatic carbocycles. The fourth-order valence-electron chi connectivity index (χ4n) is 5.81. The predicted molar refractivity (Wildman–Crippen MR) is 218 cm³/mol. The molecule has 0 aliphatic heterocycles. The maximum Gasteiger partial charge on any atom is 0.305 e. The van der Waals surface area contributed by atoms with Gasteiger partial charge in [-0.3, -0.25) is 4.79 Å². The number of aliphatic hydroxyl groups excluding tert-OH is 1. The van der Waals surface area contributed by atoms with Crippen LogP contribution in [-0.4, -0.2) is 87.8 Å². The number of carbonyl (C=O) groups is 1. The van der Waals surface area contributed by atoms with Crippen molar-refractivity contribution in [2.75, 3.05) is 59.3 Å². The molecule has 8 heteroatoms. The van der Waals surface area contributed by atoms with E-state index in [0.717, 1.165) is 136 Å². The fraction of sp³-hybridized carbons (Fsp3) is 0.886. The zero-order valence-electron chi connectivity index (χ0n) is 34.6. The minimum Gasteiger partial charge on any atom is -0.466 e. The third kappa shape index (κ3) is 37.0. The molecule has 0 aliphatic carbocycles. The van der Waals surface area contributed by atoms with Gasteiger partial charge in [-0.25, -0.2) is 0 Å². The van der Waals surface area contributed by atoms with Crippen molar-refractivity contribution < 1.29 is 33.6 Å². The van der Waals surface area contributed by atoms with Crippen molar-refractivity contribution in [1.82, 2.24) is 4.90 Å². The molecule has 0 fully saturated rings. The Balaban J connectivity index is 4.12. The van der Waals surface area contributed by atoms with Gasteiger partial charge in [-0.2, -0.15) is 0 Å². The Morgan fingerprint density at radius 2 is 0.981 bits per heavy atom. The minimum absolute atomic E-state index is 0.0763. The van der Waals surface area contributed by atoms with Crippen molar-refractivity contribution in [2.24, 2.45) is 0 Å². The van der Waals surface area contributed by atoms with Crippen LogP contribution >= 0.6 is 0 Å². The largest absolute Gasteiger partial charge is 0.466 e. The van der Waals surface area contributed by atoms with Gasteiger partial charge in [-0.05, 0) is 109 Å². The van der Waals surface area contributed by atoms with Crippen molar-refractivity contribution in [3.63, 3.8) is 0 Å². The third-order valence-corrected chi connectivity index (χ3v) is 9.09. The summed E-state index contributed by atoms with van der Waals surface area (Å²) in [6, 6.07) is 0. The van der Waals surface area contributed by atoms with Crippen LogP contribution in [0.15, 0.2) is 24.3 Å². The summed E-state index contributed by atoms with van der Waals surface area (Å²) >= 11 is 0. The Hall–Kier alpha value is -1.29. The normalized spacial score (nSPS) is 12.2. The Morgan fingerprint density at radius 3 is 1.50 bits per heavy atom. The summed E-state index contributed by atoms with van der Waals surface area (Å²) in [7, 11) is 0. The molecule has 0 amide bonds. The third-order valence-electron chi connectivity index (χ3n) is 9.09. The van der Waals surface area contributed by atoms with E-state index in [1.165, 1.54) is 38.5 Å². The zero-order valence-corrected chi connectivity index (χ0v) is 34.6. The molecule has 0 bridgehead atoms. The van der Waals surface area contributed by atoms with Crippen molar-refractivity contribution in [2.45, 2.75) is 194 Å². The lowest BCUT2D eigenvalue weighted by atomic mass is 10.1. The summed E-state index contributed by atoms with van der Waals surface area (Å²) in [5.74, 6) is -0.165. The van der Waals surface area contributed by atoms with Gasteiger partial charge in [-0.15, -0.1) is 0 Å². The average molecular weight is 740 g/mol. The molecule has 1 N–H and O–H groups in total. The van der Waals surface area contributed by atoms with Crippen LogP contribution in [0.4, 0.5) is 0 Å². The Morgan fingerprint density at radius 1 is 0.519 bits per heavy atom. The lowest BCUT2D eigenvalue weighted by Crippen LogP contribution is -2.29. The standard InChI is InChI=1S/C44H85NO7/c1-5-9-13-15-21-28-40-51-43(52-41-29-22-16-14-10-6-2)30-24-18-17-19-25-33-45(35-36-46)34-26-20-23-27-39-48-42(47)31-32-44(49-37-11-7-3)50-38-12-8-4/h9-10,13-14,43-44,46H,5-8,11-12,15-41H2,1-4H3/b13-9-,14-10-. The van der Waals surface area contributed by atoms with E-state index in [1.54, 1.807) is 0 Å². The van der Waals surface area contributed by atoms with Crippen LogP contribution in [0.3, 0.4) is 0 Å². The number of allylic oxidation sites excluding steroid dienone is 4. The highest BCUT2D eigenvalue weighted by Gasteiger charge is 2.14. The van der Waals surface area contributed by atoms with Gasteiger partial charge in [0, 0.05) is 39.4 Å². The Labute approximate surface area is 321 Å². The molecule has 0 heterocycles. The fourth-order valence-corrected chi connectivity index (χ4v) is 5.81. The topological polar surface area (TPSA) is 86.7 Å². The highest BCUT2D eigenvalue weighted by Crippen LogP contribution is 2.14. The summed E-state index contributed by atoms with van der Waals surface area (Å²) in [5.41, 5.74) is 0. The zero-order chi connectivity index (χ0) is 38.0. The number of hydrogen-bond acceptors (Lipinski definition) is 8. The average Bonchev–Trinajstić information content (AvgIpc) is 3.14.